The average Bonchev–Trinajstić information content (AvgIpc) is 3.22. The largest absolute Gasteiger partial charge is 0.508 e. The monoisotopic (exact) mass is 407 g/mol. The number of phenols is 2. The number of nitro groups is 1. The van der Waals surface area contributed by atoms with Crippen LogP contribution in [0, 0.1) is 10.1 Å². The third-order valence-electron chi connectivity index (χ3n) is 4.85. The second-order valence-corrected chi connectivity index (χ2v) is 6.63. The number of phenolic OH excluding ortho intramolecular Hbond substituents is 2. The molecule has 0 atom stereocenters. The first-order valence-corrected chi connectivity index (χ1v) is 8.86. The number of rotatable bonds is 5. The van der Waals surface area contributed by atoms with Gasteiger partial charge in [-0.2, -0.15) is 0 Å². The van der Waals surface area contributed by atoms with E-state index in [2.05, 4.69) is 10.3 Å². The Bertz CT molecular complexity index is 1220. The number of aromatic hydroxyl groups is 2. The Morgan fingerprint density at radius 3 is 1.80 bits per heavy atom. The van der Waals surface area contributed by atoms with Gasteiger partial charge in [0.05, 0.1) is 10.6 Å². The van der Waals surface area contributed by atoms with E-state index in [1.54, 1.807) is 66.4 Å². The number of fused-ring (bicyclic) bond motifs is 1. The highest BCUT2D eigenvalue weighted by atomic mass is 16.6. The summed E-state index contributed by atoms with van der Waals surface area (Å²) in [6.07, 6.45) is 0. The molecule has 0 aliphatic heterocycles. The smallest absolute Gasteiger partial charge is 0.324 e. The topological polar surface area (TPSA) is 129 Å². The lowest BCUT2D eigenvalue weighted by Crippen LogP contribution is -2.15. The van der Waals surface area contributed by atoms with Crippen molar-refractivity contribution in [2.75, 3.05) is 23.9 Å². The summed E-state index contributed by atoms with van der Waals surface area (Å²) in [6.45, 7) is 0. The molecule has 0 aliphatic rings. The predicted octanol–water partition coefficient (Wildman–Crippen LogP) is 4.08. The van der Waals surface area contributed by atoms with Crippen LogP contribution in [0.3, 0.4) is 0 Å². The van der Waals surface area contributed by atoms with E-state index >= 15 is 0 Å². The molecule has 0 bridgehead atoms. The highest BCUT2D eigenvalue weighted by molar-refractivity contribution is 6.02. The molecule has 0 radical (unpaired) electrons. The highest BCUT2D eigenvalue weighted by Gasteiger charge is 2.29. The molecule has 4 rings (SSSR count). The number of nitro benzene ring substituents is 1. The lowest BCUT2D eigenvalue weighted by atomic mass is 10.1. The maximum atomic E-state index is 11.9. The molecule has 2 N–H and O–H groups in total. The minimum Gasteiger partial charge on any atom is -0.508 e. The van der Waals surface area contributed by atoms with Crippen LogP contribution in [0.25, 0.3) is 11.0 Å². The summed E-state index contributed by atoms with van der Waals surface area (Å²) < 4.78 is 4.84. The molecule has 152 valence electrons. The second kappa shape index (κ2) is 7.24. The molecule has 0 saturated carbocycles. The van der Waals surface area contributed by atoms with Crippen LogP contribution in [-0.2, 0) is 0 Å². The fraction of sp³-hybridized carbons (Fsp3) is 0.100. The molecule has 3 aromatic carbocycles. The number of nitrogens with zero attached hydrogens (tertiary/aromatic N) is 5. The first kappa shape index (κ1) is 19.0. The van der Waals surface area contributed by atoms with Crippen LogP contribution >= 0.6 is 0 Å². The van der Waals surface area contributed by atoms with Crippen LogP contribution in [0.15, 0.2) is 59.2 Å². The molecule has 0 amide bonds. The summed E-state index contributed by atoms with van der Waals surface area (Å²) in [5.41, 5.74) is 2.17. The van der Waals surface area contributed by atoms with E-state index in [0.29, 0.717) is 11.4 Å². The van der Waals surface area contributed by atoms with Crippen molar-refractivity contribution in [3.63, 3.8) is 0 Å². The maximum absolute atomic E-state index is 11.9. The lowest BCUT2D eigenvalue weighted by molar-refractivity contribution is -0.382. The van der Waals surface area contributed by atoms with Gasteiger partial charge in [0, 0.05) is 25.5 Å². The van der Waals surface area contributed by atoms with E-state index in [0.717, 1.165) is 5.69 Å². The van der Waals surface area contributed by atoms with Crippen molar-refractivity contribution >= 4 is 39.5 Å². The highest BCUT2D eigenvalue weighted by Crippen LogP contribution is 2.43. The molecule has 1 aromatic heterocycles. The van der Waals surface area contributed by atoms with Gasteiger partial charge in [-0.25, -0.2) is 4.63 Å². The number of hydrogen-bond donors (Lipinski definition) is 2. The van der Waals surface area contributed by atoms with Gasteiger partial charge in [0.1, 0.15) is 17.2 Å². The van der Waals surface area contributed by atoms with Crippen LogP contribution in [0.4, 0.5) is 28.4 Å². The first-order valence-electron chi connectivity index (χ1n) is 8.86. The Morgan fingerprint density at radius 2 is 1.30 bits per heavy atom. The van der Waals surface area contributed by atoms with Crippen molar-refractivity contribution in [2.45, 2.75) is 0 Å². The van der Waals surface area contributed by atoms with Gasteiger partial charge in [-0.1, -0.05) is 0 Å². The van der Waals surface area contributed by atoms with Gasteiger partial charge in [-0.05, 0) is 64.9 Å². The van der Waals surface area contributed by atoms with Gasteiger partial charge in [0.2, 0.25) is 5.52 Å². The summed E-state index contributed by atoms with van der Waals surface area (Å²) >= 11 is 0. The van der Waals surface area contributed by atoms with Crippen LogP contribution in [0.1, 0.15) is 0 Å². The van der Waals surface area contributed by atoms with Crippen LogP contribution in [-0.4, -0.2) is 39.5 Å². The van der Waals surface area contributed by atoms with E-state index in [1.165, 1.54) is 12.1 Å². The SMILES string of the molecule is CN(c1ccc(O)cc1)c1cc(N(C)c2ccc(O)cc2)c2nonc2c1[N+](=O)[O-]. The van der Waals surface area contributed by atoms with Crippen LogP contribution < -0.4 is 9.80 Å². The Kier molecular flexibility index (Phi) is 4.59. The minimum atomic E-state index is -0.525. The zero-order valence-corrected chi connectivity index (χ0v) is 16.1. The summed E-state index contributed by atoms with van der Waals surface area (Å²) in [4.78, 5) is 14.8. The first-order chi connectivity index (χ1) is 14.4. The Morgan fingerprint density at radius 1 is 0.833 bits per heavy atom. The van der Waals surface area contributed by atoms with Gasteiger partial charge in [-0.3, -0.25) is 10.1 Å². The van der Waals surface area contributed by atoms with Crippen LogP contribution in [0.2, 0.25) is 0 Å². The number of hydrogen-bond acceptors (Lipinski definition) is 9. The van der Waals surface area contributed by atoms with Crippen molar-refractivity contribution in [2.24, 2.45) is 0 Å². The number of aromatic nitrogens is 2. The fourth-order valence-corrected chi connectivity index (χ4v) is 3.22. The van der Waals surface area contributed by atoms with Crippen molar-refractivity contribution in [1.82, 2.24) is 10.3 Å². The third-order valence-corrected chi connectivity index (χ3v) is 4.85. The van der Waals surface area contributed by atoms with E-state index < -0.39 is 4.92 Å². The van der Waals surface area contributed by atoms with E-state index in [9.17, 15) is 20.3 Å². The van der Waals surface area contributed by atoms with E-state index in [4.69, 9.17) is 4.63 Å². The van der Waals surface area contributed by atoms with Gasteiger partial charge in [-0.15, -0.1) is 0 Å². The minimum absolute atomic E-state index is 0.0174. The van der Waals surface area contributed by atoms with Crippen LogP contribution in [0.5, 0.6) is 11.5 Å². The molecule has 1 heterocycles. The Hall–Kier alpha value is -4.34. The normalized spacial score (nSPS) is 10.9. The van der Waals surface area contributed by atoms with Gasteiger partial charge in [0.15, 0.2) is 5.52 Å². The van der Waals surface area contributed by atoms with Crippen molar-refractivity contribution in [1.29, 1.82) is 0 Å². The molecule has 10 heteroatoms. The molecule has 30 heavy (non-hydrogen) atoms. The maximum Gasteiger partial charge on any atom is 0.324 e. The molecule has 0 unspecified atom stereocenters. The van der Waals surface area contributed by atoms with E-state index in [-0.39, 0.29) is 33.9 Å². The number of anilines is 4. The Balaban J connectivity index is 1.93. The molecule has 0 fully saturated rings. The molecule has 10 nitrogen and oxygen atoms in total. The van der Waals surface area contributed by atoms with Gasteiger partial charge < -0.3 is 20.0 Å². The molecule has 0 saturated heterocycles. The quantitative estimate of drug-likeness (QED) is 0.371. The van der Waals surface area contributed by atoms with E-state index in [1.807, 2.05) is 0 Å². The van der Waals surface area contributed by atoms with Crippen molar-refractivity contribution in [3.8, 4) is 11.5 Å². The lowest BCUT2D eigenvalue weighted by Gasteiger charge is -2.24. The summed E-state index contributed by atoms with van der Waals surface area (Å²) in [5.74, 6) is 0.211. The summed E-state index contributed by atoms with van der Waals surface area (Å²) in [5, 5.41) is 38.7. The molecular weight excluding hydrogens is 390 g/mol. The third kappa shape index (κ3) is 3.20. The summed E-state index contributed by atoms with van der Waals surface area (Å²) in [7, 11) is 3.45. The second-order valence-electron chi connectivity index (χ2n) is 6.63. The average molecular weight is 407 g/mol. The fourth-order valence-electron chi connectivity index (χ4n) is 3.22. The standard InChI is InChI=1S/C20H17N5O5/c1-23(12-3-7-14(26)8-4-12)16-11-17(24(2)13-5-9-15(27)10-6-13)20(25(28)29)19-18(16)21-30-22-19/h3-11,26-27H,1-2H3. The molecular formula is C20H17N5O5. The zero-order valence-electron chi connectivity index (χ0n) is 16.1. The van der Waals surface area contributed by atoms with Gasteiger partial charge >= 0.3 is 5.69 Å². The molecule has 0 aliphatic carbocycles. The summed E-state index contributed by atoms with van der Waals surface area (Å²) in [6, 6.07) is 14.4. The van der Waals surface area contributed by atoms with Crippen molar-refractivity contribution in [3.05, 3.63) is 64.7 Å². The Labute approximate surface area is 170 Å². The zero-order chi connectivity index (χ0) is 21.4. The molecule has 0 spiro atoms. The van der Waals surface area contributed by atoms with Crippen molar-refractivity contribution < 1.29 is 19.8 Å². The molecule has 4 aromatic rings. The number of benzene rings is 3. The predicted molar refractivity (Wildman–Crippen MR) is 111 cm³/mol. The van der Waals surface area contributed by atoms with Gasteiger partial charge in [0.25, 0.3) is 0 Å².